The van der Waals surface area contributed by atoms with Crippen LogP contribution in [0.15, 0.2) is 0 Å². The minimum absolute atomic E-state index is 0.106. The summed E-state index contributed by atoms with van der Waals surface area (Å²) in [6.45, 7) is 14.3. The Bertz CT molecular complexity index is 1980. The van der Waals surface area contributed by atoms with Crippen LogP contribution in [0.3, 0.4) is 0 Å². The smallest absolute Gasteiger partial charge is 0.462 e. The van der Waals surface area contributed by atoms with Gasteiger partial charge in [-0.1, -0.05) is 370 Å². The number of esters is 4. The second-order valence-electron chi connectivity index (χ2n) is 31.0. The highest BCUT2D eigenvalue weighted by Crippen LogP contribution is 2.45. The zero-order valence-electron chi connectivity index (χ0n) is 66.5. The third kappa shape index (κ3) is 73.4. The van der Waals surface area contributed by atoms with Crippen LogP contribution >= 0.6 is 15.6 Å². The molecule has 0 aromatic rings. The lowest BCUT2D eigenvalue weighted by molar-refractivity contribution is -0.161. The molecule has 5 unspecified atom stereocenters. The standard InChI is InChI=1S/C82H160O17P2/c1-9-74(7)60-52-44-35-29-25-21-17-13-11-12-14-18-22-26-30-38-48-56-64-81(86)98-77(68-92-79(84)62-54-46-37-33-32-36-45-53-61-75(8)10-2)70-96-100(88,89)94-66-76(83)67-95-101(90,91)97-71-78(69-93-80(85)63-55-47-41-40-43-51-59-73(5)6)99-82(87)65-57-49-39-31-27-23-19-15-16-20-24-28-34-42-50-58-72(3)4/h72-78,83H,9-71H2,1-8H3,(H,88,89)(H,90,91)/t74?,75?,76?,77-,78-/m1/s1. The summed E-state index contributed by atoms with van der Waals surface area (Å²) in [5.41, 5.74) is 0. The molecule has 0 amide bonds. The quantitative estimate of drug-likeness (QED) is 0.0222. The van der Waals surface area contributed by atoms with Crippen LogP contribution in [0, 0.1) is 23.7 Å². The van der Waals surface area contributed by atoms with Gasteiger partial charge in [0.05, 0.1) is 26.4 Å². The SMILES string of the molecule is CCC(C)CCCCCCCCCCCCCCCCCCCCC(=O)O[C@H](COC(=O)CCCCCCCCCCC(C)CC)COP(=O)(O)OCC(O)COP(=O)(O)OC[C@@H](COC(=O)CCCCCCCCC(C)C)OC(=O)CCCCCCCCCCCCCCCCCC(C)C. The Balaban J connectivity index is 5.17. The normalized spacial score (nSPS) is 14.5. The molecule has 0 bridgehead atoms. The Morgan fingerprint density at radius 1 is 0.277 bits per heavy atom. The number of carbonyl (C=O) groups excluding carboxylic acids is 4. The number of phosphoric ester groups is 2. The van der Waals surface area contributed by atoms with Crippen molar-refractivity contribution in [1.29, 1.82) is 0 Å². The van der Waals surface area contributed by atoms with Crippen LogP contribution in [0.1, 0.15) is 421 Å². The Morgan fingerprint density at radius 2 is 0.475 bits per heavy atom. The first-order valence-electron chi connectivity index (χ1n) is 42.3. The van der Waals surface area contributed by atoms with Crippen molar-refractivity contribution in [3.05, 3.63) is 0 Å². The number of aliphatic hydroxyl groups is 1. The van der Waals surface area contributed by atoms with Crippen LogP contribution < -0.4 is 0 Å². The largest absolute Gasteiger partial charge is 0.472 e. The summed E-state index contributed by atoms with van der Waals surface area (Å²) >= 11 is 0. The number of rotatable bonds is 79. The van der Waals surface area contributed by atoms with Crippen LogP contribution in [-0.4, -0.2) is 96.7 Å². The summed E-state index contributed by atoms with van der Waals surface area (Å²) < 4.78 is 68.7. The first-order valence-corrected chi connectivity index (χ1v) is 45.3. The number of hydrogen-bond acceptors (Lipinski definition) is 15. The lowest BCUT2D eigenvalue weighted by Crippen LogP contribution is -2.30. The number of ether oxygens (including phenoxy) is 4. The number of unbranched alkanes of at least 4 members (excludes halogenated alkanes) is 43. The van der Waals surface area contributed by atoms with Crippen molar-refractivity contribution in [3.63, 3.8) is 0 Å². The van der Waals surface area contributed by atoms with Crippen molar-refractivity contribution in [1.82, 2.24) is 0 Å². The van der Waals surface area contributed by atoms with Gasteiger partial charge in [-0.3, -0.25) is 37.3 Å². The van der Waals surface area contributed by atoms with Gasteiger partial charge in [0.1, 0.15) is 19.3 Å². The summed E-state index contributed by atoms with van der Waals surface area (Å²) in [4.78, 5) is 73.0. The molecular weight excluding hydrogens is 1320 g/mol. The van der Waals surface area contributed by atoms with E-state index in [0.29, 0.717) is 31.6 Å². The second-order valence-corrected chi connectivity index (χ2v) is 33.9. The predicted octanol–water partition coefficient (Wildman–Crippen LogP) is 24.4. The fourth-order valence-electron chi connectivity index (χ4n) is 12.5. The van der Waals surface area contributed by atoms with E-state index in [9.17, 15) is 43.2 Å². The van der Waals surface area contributed by atoms with Crippen molar-refractivity contribution < 1.29 is 80.2 Å². The molecule has 0 rings (SSSR count). The topological polar surface area (TPSA) is 237 Å². The Labute approximate surface area is 619 Å². The van der Waals surface area contributed by atoms with Crippen LogP contribution in [0.25, 0.3) is 0 Å². The predicted molar refractivity (Wildman–Crippen MR) is 414 cm³/mol. The van der Waals surface area contributed by atoms with E-state index in [1.165, 1.54) is 218 Å². The lowest BCUT2D eigenvalue weighted by atomic mass is 9.99. The van der Waals surface area contributed by atoms with Crippen LogP contribution in [0.2, 0.25) is 0 Å². The van der Waals surface area contributed by atoms with Crippen LogP contribution in [0.4, 0.5) is 0 Å². The Morgan fingerprint density at radius 3 is 0.703 bits per heavy atom. The molecule has 0 aliphatic heterocycles. The summed E-state index contributed by atoms with van der Waals surface area (Å²) in [6, 6.07) is 0. The molecule has 0 saturated carbocycles. The maximum atomic E-state index is 13.1. The molecular formula is C82H160O17P2. The van der Waals surface area contributed by atoms with Gasteiger partial charge in [0.15, 0.2) is 12.2 Å². The molecule has 0 aromatic heterocycles. The minimum Gasteiger partial charge on any atom is -0.462 e. The molecule has 0 radical (unpaired) electrons. The Kier molecular flexibility index (Phi) is 69.6. The number of carbonyl (C=O) groups is 4. The third-order valence-corrected chi connectivity index (χ3v) is 21.7. The third-order valence-electron chi connectivity index (χ3n) is 19.8. The van der Waals surface area contributed by atoms with E-state index in [0.717, 1.165) is 114 Å². The van der Waals surface area contributed by atoms with Crippen LogP contribution in [-0.2, 0) is 65.4 Å². The molecule has 3 N–H and O–H groups in total. The number of aliphatic hydroxyl groups excluding tert-OH is 1. The zero-order valence-corrected chi connectivity index (χ0v) is 68.3. The molecule has 17 nitrogen and oxygen atoms in total. The summed E-state index contributed by atoms with van der Waals surface area (Å²) in [5.74, 6) is 1.01. The molecule has 101 heavy (non-hydrogen) atoms. The molecule has 19 heteroatoms. The van der Waals surface area contributed by atoms with Crippen molar-refractivity contribution in [2.75, 3.05) is 39.6 Å². The van der Waals surface area contributed by atoms with E-state index in [-0.39, 0.29) is 25.7 Å². The van der Waals surface area contributed by atoms with Gasteiger partial charge in [-0.05, 0) is 49.4 Å². The maximum Gasteiger partial charge on any atom is 0.472 e. The molecule has 0 aliphatic rings. The average Bonchev–Trinajstić information content (AvgIpc) is 0.933. The van der Waals surface area contributed by atoms with Gasteiger partial charge in [-0.2, -0.15) is 0 Å². The van der Waals surface area contributed by atoms with Gasteiger partial charge in [0, 0.05) is 25.7 Å². The molecule has 0 aliphatic carbocycles. The second kappa shape index (κ2) is 71.0. The van der Waals surface area contributed by atoms with Crippen LogP contribution in [0.5, 0.6) is 0 Å². The van der Waals surface area contributed by atoms with Gasteiger partial charge in [-0.15, -0.1) is 0 Å². The molecule has 600 valence electrons. The van der Waals surface area contributed by atoms with Crippen molar-refractivity contribution in [2.24, 2.45) is 23.7 Å². The zero-order chi connectivity index (χ0) is 74.6. The molecule has 7 atom stereocenters. The highest BCUT2D eigenvalue weighted by Gasteiger charge is 2.30. The fourth-order valence-corrected chi connectivity index (χ4v) is 14.1. The monoisotopic (exact) mass is 1480 g/mol. The van der Waals surface area contributed by atoms with E-state index in [1.54, 1.807) is 0 Å². The van der Waals surface area contributed by atoms with Crippen molar-refractivity contribution in [3.8, 4) is 0 Å². The molecule has 0 heterocycles. The highest BCUT2D eigenvalue weighted by molar-refractivity contribution is 7.47. The maximum absolute atomic E-state index is 13.1. The Hall–Kier alpha value is -1.94. The van der Waals surface area contributed by atoms with E-state index in [4.69, 9.17) is 37.0 Å². The van der Waals surface area contributed by atoms with Gasteiger partial charge in [0.2, 0.25) is 0 Å². The van der Waals surface area contributed by atoms with Gasteiger partial charge in [0.25, 0.3) is 0 Å². The lowest BCUT2D eigenvalue weighted by Gasteiger charge is -2.21. The highest BCUT2D eigenvalue weighted by atomic mass is 31.2. The molecule has 0 fully saturated rings. The molecule has 0 saturated heterocycles. The fraction of sp³-hybridized carbons (Fsp3) is 0.951. The van der Waals surface area contributed by atoms with E-state index < -0.39 is 97.5 Å². The van der Waals surface area contributed by atoms with Crippen molar-refractivity contribution >= 4 is 39.5 Å². The number of hydrogen-bond donors (Lipinski definition) is 3. The summed E-state index contributed by atoms with van der Waals surface area (Å²) in [6.07, 6.45) is 58.5. The molecule has 0 aromatic carbocycles. The van der Waals surface area contributed by atoms with Gasteiger partial charge < -0.3 is 33.8 Å². The molecule has 0 spiro atoms. The van der Waals surface area contributed by atoms with Gasteiger partial charge >= 0.3 is 39.5 Å². The van der Waals surface area contributed by atoms with Crippen molar-refractivity contribution in [2.45, 2.75) is 440 Å². The van der Waals surface area contributed by atoms with E-state index in [2.05, 4.69) is 55.4 Å². The summed E-state index contributed by atoms with van der Waals surface area (Å²) in [5, 5.41) is 10.6. The first kappa shape index (κ1) is 99.1. The minimum atomic E-state index is -4.96. The first-order chi connectivity index (χ1) is 48.7. The van der Waals surface area contributed by atoms with Gasteiger partial charge in [-0.25, -0.2) is 9.13 Å². The van der Waals surface area contributed by atoms with E-state index in [1.807, 2.05) is 0 Å². The van der Waals surface area contributed by atoms with E-state index >= 15 is 0 Å². The summed E-state index contributed by atoms with van der Waals surface area (Å²) in [7, 11) is -9.92. The number of phosphoric acid groups is 2. The average molecular weight is 1480 g/mol.